The quantitative estimate of drug-likeness (QED) is 0.624. The van der Waals surface area contributed by atoms with E-state index in [0.29, 0.717) is 6.04 Å². The average Bonchev–Trinajstić information content (AvgIpc) is 3.05. The van der Waals surface area contributed by atoms with Crippen molar-refractivity contribution in [2.75, 3.05) is 13.1 Å². The van der Waals surface area contributed by atoms with E-state index in [1.165, 1.54) is 41.8 Å². The maximum atomic E-state index is 5.14. The number of likely N-dealkylation sites (tertiary alicyclic amines) is 1. The summed E-state index contributed by atoms with van der Waals surface area (Å²) in [6.45, 7) is 6.52. The number of nitrogens with zero attached hydrogens (tertiary/aromatic N) is 5. The highest BCUT2D eigenvalue weighted by Crippen LogP contribution is 2.33. The molecule has 1 atom stereocenters. The van der Waals surface area contributed by atoms with Crippen molar-refractivity contribution in [1.29, 1.82) is 0 Å². The molecule has 1 unspecified atom stereocenters. The summed E-state index contributed by atoms with van der Waals surface area (Å²) < 4.78 is 4.36. The van der Waals surface area contributed by atoms with Gasteiger partial charge in [0.15, 0.2) is 0 Å². The Hall–Kier alpha value is -2.53. The third-order valence-electron chi connectivity index (χ3n) is 6.13. The molecule has 0 spiro atoms. The molecule has 0 bridgehead atoms. The van der Waals surface area contributed by atoms with Crippen LogP contribution in [0.5, 0.6) is 0 Å². The number of hydrogen-bond acceptors (Lipinski definition) is 3. The van der Waals surface area contributed by atoms with Gasteiger partial charge in [-0.05, 0) is 56.5 Å². The second-order valence-electron chi connectivity index (χ2n) is 8.38. The van der Waals surface area contributed by atoms with Crippen LogP contribution in [-0.2, 0) is 20.5 Å². The minimum atomic E-state index is 0.390. The summed E-state index contributed by atoms with van der Waals surface area (Å²) in [4.78, 5) is 12.4. The molecule has 152 valence electrons. The number of hydrogen-bond donors (Lipinski definition) is 0. The second kappa shape index (κ2) is 8.46. The van der Waals surface area contributed by atoms with E-state index in [9.17, 15) is 0 Å². The van der Waals surface area contributed by atoms with E-state index in [1.54, 1.807) is 0 Å². The van der Waals surface area contributed by atoms with Crippen LogP contribution in [0, 0.1) is 13.8 Å². The van der Waals surface area contributed by atoms with Crippen molar-refractivity contribution >= 4 is 0 Å². The minimum absolute atomic E-state index is 0.390. The zero-order valence-corrected chi connectivity index (χ0v) is 18.1. The van der Waals surface area contributed by atoms with Gasteiger partial charge < -0.3 is 0 Å². The van der Waals surface area contributed by atoms with Gasteiger partial charge in [0.2, 0.25) is 6.33 Å². The molecule has 1 aliphatic heterocycles. The standard InChI is InChI=1S/C24H32N5/c1-18-8-7-13-25-23(18)21-11-10-19(2)24(26-21)22-9-5-6-14-29(22)15-12-20-16-27(3)17-28(20)4/h7-8,10-11,13,16-17,22H,5-6,9,12,14-15H2,1-4H3/q+1. The first-order valence-corrected chi connectivity index (χ1v) is 10.7. The predicted octanol–water partition coefficient (Wildman–Crippen LogP) is 3.69. The fourth-order valence-corrected chi connectivity index (χ4v) is 4.54. The van der Waals surface area contributed by atoms with Crippen LogP contribution in [0.1, 0.15) is 47.8 Å². The highest BCUT2D eigenvalue weighted by Gasteiger charge is 2.27. The lowest BCUT2D eigenvalue weighted by Crippen LogP contribution is -2.36. The van der Waals surface area contributed by atoms with Crippen molar-refractivity contribution in [2.24, 2.45) is 14.1 Å². The molecule has 0 aliphatic carbocycles. The fraction of sp³-hybridized carbons (Fsp3) is 0.458. The number of piperidine rings is 1. The SMILES string of the molecule is Cc1cccnc1-c1ccc(C)c(C2CCCCN2CCc2c[n+](C)cn2C)n1. The summed E-state index contributed by atoms with van der Waals surface area (Å²) in [5.41, 5.74) is 7.04. The van der Waals surface area contributed by atoms with Gasteiger partial charge in [-0.25, -0.2) is 14.1 Å². The number of rotatable bonds is 5. The van der Waals surface area contributed by atoms with Crippen molar-refractivity contribution in [3.63, 3.8) is 0 Å². The summed E-state index contributed by atoms with van der Waals surface area (Å²) in [6.07, 6.45) is 11.0. The first-order chi connectivity index (χ1) is 14.0. The van der Waals surface area contributed by atoms with Crippen LogP contribution in [0.25, 0.3) is 11.4 Å². The minimum Gasteiger partial charge on any atom is -0.294 e. The Labute approximate surface area is 174 Å². The smallest absolute Gasteiger partial charge is 0.243 e. The molecule has 5 heteroatoms. The van der Waals surface area contributed by atoms with Gasteiger partial charge in [0.1, 0.15) is 11.9 Å². The van der Waals surface area contributed by atoms with E-state index >= 15 is 0 Å². The van der Waals surface area contributed by atoms with Crippen LogP contribution in [-0.4, -0.2) is 32.5 Å². The number of aryl methyl sites for hydroxylation is 4. The molecule has 4 heterocycles. The summed E-state index contributed by atoms with van der Waals surface area (Å²) >= 11 is 0. The molecule has 0 amide bonds. The van der Waals surface area contributed by atoms with Crippen molar-refractivity contribution in [3.05, 3.63) is 65.5 Å². The normalized spacial score (nSPS) is 17.6. The van der Waals surface area contributed by atoms with Gasteiger partial charge in [-0.15, -0.1) is 0 Å². The second-order valence-corrected chi connectivity index (χ2v) is 8.38. The van der Waals surface area contributed by atoms with Crippen LogP contribution in [0.4, 0.5) is 0 Å². The molecule has 3 aromatic heterocycles. The van der Waals surface area contributed by atoms with E-state index in [2.05, 4.69) is 77.7 Å². The average molecular weight is 391 g/mol. The van der Waals surface area contributed by atoms with E-state index in [4.69, 9.17) is 4.98 Å². The maximum Gasteiger partial charge on any atom is 0.243 e. The molecule has 0 N–H and O–H groups in total. The fourth-order valence-electron chi connectivity index (χ4n) is 4.54. The maximum absolute atomic E-state index is 5.14. The van der Waals surface area contributed by atoms with Gasteiger partial charge >= 0.3 is 0 Å². The van der Waals surface area contributed by atoms with Gasteiger partial charge in [0, 0.05) is 19.2 Å². The molecule has 0 aromatic carbocycles. The molecule has 1 fully saturated rings. The summed E-state index contributed by atoms with van der Waals surface area (Å²) in [5.74, 6) is 0. The van der Waals surface area contributed by atoms with Gasteiger partial charge in [-0.1, -0.05) is 18.6 Å². The van der Waals surface area contributed by atoms with Crippen molar-refractivity contribution in [2.45, 2.75) is 45.6 Å². The zero-order valence-electron chi connectivity index (χ0n) is 18.1. The van der Waals surface area contributed by atoms with Crippen LogP contribution in [0.3, 0.4) is 0 Å². The summed E-state index contributed by atoms with van der Waals surface area (Å²) in [6, 6.07) is 8.82. The predicted molar refractivity (Wildman–Crippen MR) is 115 cm³/mol. The molecule has 1 saturated heterocycles. The highest BCUT2D eigenvalue weighted by molar-refractivity contribution is 5.59. The molecule has 0 radical (unpaired) electrons. The lowest BCUT2D eigenvalue weighted by atomic mass is 9.95. The number of pyridine rings is 2. The summed E-state index contributed by atoms with van der Waals surface area (Å²) in [7, 11) is 4.22. The van der Waals surface area contributed by atoms with Crippen molar-refractivity contribution < 1.29 is 4.57 Å². The molecule has 3 aromatic rings. The van der Waals surface area contributed by atoms with Gasteiger partial charge in [-0.3, -0.25) is 9.88 Å². The molecule has 29 heavy (non-hydrogen) atoms. The van der Waals surface area contributed by atoms with E-state index in [0.717, 1.165) is 30.9 Å². The first-order valence-electron chi connectivity index (χ1n) is 10.7. The molecular formula is C24H32N5+. The van der Waals surface area contributed by atoms with Crippen LogP contribution >= 0.6 is 0 Å². The largest absolute Gasteiger partial charge is 0.294 e. The summed E-state index contributed by atoms with van der Waals surface area (Å²) in [5, 5.41) is 0. The van der Waals surface area contributed by atoms with Crippen molar-refractivity contribution in [1.82, 2.24) is 19.4 Å². The molecule has 1 aliphatic rings. The number of imidazole rings is 1. The molecular weight excluding hydrogens is 358 g/mol. The Morgan fingerprint density at radius 3 is 2.76 bits per heavy atom. The van der Waals surface area contributed by atoms with Gasteiger partial charge in [0.25, 0.3) is 0 Å². The topological polar surface area (TPSA) is 37.8 Å². The Balaban J connectivity index is 1.60. The molecule has 4 rings (SSSR count). The van der Waals surface area contributed by atoms with E-state index < -0.39 is 0 Å². The number of aromatic nitrogens is 4. The molecule has 0 saturated carbocycles. The lowest BCUT2D eigenvalue weighted by molar-refractivity contribution is -0.671. The molecule has 5 nitrogen and oxygen atoms in total. The van der Waals surface area contributed by atoms with E-state index in [-0.39, 0.29) is 0 Å². The van der Waals surface area contributed by atoms with Gasteiger partial charge in [-0.2, -0.15) is 0 Å². The Bertz CT molecular complexity index is 991. The third-order valence-corrected chi connectivity index (χ3v) is 6.13. The Morgan fingerprint density at radius 1 is 1.14 bits per heavy atom. The highest BCUT2D eigenvalue weighted by atomic mass is 15.2. The van der Waals surface area contributed by atoms with Crippen molar-refractivity contribution in [3.8, 4) is 11.4 Å². The van der Waals surface area contributed by atoms with Gasteiger partial charge in [0.05, 0.1) is 37.2 Å². The van der Waals surface area contributed by atoms with Crippen LogP contribution < -0.4 is 4.57 Å². The first kappa shape index (κ1) is 19.8. The lowest BCUT2D eigenvalue weighted by Gasteiger charge is -2.36. The van der Waals surface area contributed by atoms with Crippen LogP contribution in [0.15, 0.2) is 43.0 Å². The Morgan fingerprint density at radius 2 is 2.00 bits per heavy atom. The Kier molecular flexibility index (Phi) is 5.76. The third kappa shape index (κ3) is 4.25. The monoisotopic (exact) mass is 390 g/mol. The van der Waals surface area contributed by atoms with E-state index in [1.807, 2.05) is 12.3 Å². The zero-order chi connectivity index (χ0) is 20.4. The van der Waals surface area contributed by atoms with Crippen LogP contribution in [0.2, 0.25) is 0 Å².